The Morgan fingerprint density at radius 2 is 1.85 bits per heavy atom. The molecule has 208 valence electrons. The second-order valence-corrected chi connectivity index (χ2v) is 9.80. The van der Waals surface area contributed by atoms with E-state index in [9.17, 15) is 14.7 Å². The summed E-state index contributed by atoms with van der Waals surface area (Å²) in [5.41, 5.74) is 2.13. The molecule has 8 nitrogen and oxygen atoms in total. The SMILES string of the molecule is C=CCOc1ccc(C2C(=C(O)c3ccc(OCCC)c(C)c3)C(=O)C(=O)N2CCCN2CCOCC2)cc1. The number of Topliss-reactive ketones (excluding diaryl/α,β-unsaturated/α-hetero) is 1. The third-order valence-corrected chi connectivity index (χ3v) is 6.99. The summed E-state index contributed by atoms with van der Waals surface area (Å²) in [7, 11) is 0. The van der Waals surface area contributed by atoms with Crippen LogP contribution in [0.4, 0.5) is 0 Å². The maximum absolute atomic E-state index is 13.4. The van der Waals surface area contributed by atoms with Crippen molar-refractivity contribution in [2.75, 3.05) is 52.6 Å². The minimum atomic E-state index is -0.709. The van der Waals surface area contributed by atoms with Gasteiger partial charge in [-0.3, -0.25) is 14.5 Å². The van der Waals surface area contributed by atoms with Crippen LogP contribution in [0.3, 0.4) is 0 Å². The fourth-order valence-corrected chi connectivity index (χ4v) is 4.97. The van der Waals surface area contributed by atoms with E-state index in [1.165, 1.54) is 0 Å². The second kappa shape index (κ2) is 13.4. The Morgan fingerprint density at radius 3 is 2.51 bits per heavy atom. The van der Waals surface area contributed by atoms with Gasteiger partial charge in [0.05, 0.1) is 31.4 Å². The molecule has 39 heavy (non-hydrogen) atoms. The first-order chi connectivity index (χ1) is 18.9. The van der Waals surface area contributed by atoms with Gasteiger partial charge in [-0.1, -0.05) is 31.7 Å². The van der Waals surface area contributed by atoms with E-state index in [1.807, 2.05) is 26.0 Å². The van der Waals surface area contributed by atoms with E-state index in [4.69, 9.17) is 14.2 Å². The Morgan fingerprint density at radius 1 is 1.10 bits per heavy atom. The molecular weight excluding hydrogens is 496 g/mol. The lowest BCUT2D eigenvalue weighted by atomic mass is 9.94. The molecule has 0 saturated carbocycles. The summed E-state index contributed by atoms with van der Waals surface area (Å²) in [6.07, 6.45) is 3.25. The maximum Gasteiger partial charge on any atom is 0.295 e. The Bertz CT molecular complexity index is 1200. The molecule has 0 aromatic heterocycles. The van der Waals surface area contributed by atoms with Crippen molar-refractivity contribution < 1.29 is 28.9 Å². The van der Waals surface area contributed by atoms with Crippen molar-refractivity contribution in [3.05, 3.63) is 77.4 Å². The number of aliphatic hydroxyl groups is 1. The van der Waals surface area contributed by atoms with E-state index in [1.54, 1.807) is 41.3 Å². The maximum atomic E-state index is 13.4. The summed E-state index contributed by atoms with van der Waals surface area (Å²) < 4.78 is 16.8. The first kappa shape index (κ1) is 28.4. The number of nitrogens with zero attached hydrogens (tertiary/aromatic N) is 2. The predicted octanol–water partition coefficient (Wildman–Crippen LogP) is 4.49. The molecule has 8 heteroatoms. The van der Waals surface area contributed by atoms with Crippen LogP contribution in [0, 0.1) is 6.92 Å². The van der Waals surface area contributed by atoms with E-state index >= 15 is 0 Å². The van der Waals surface area contributed by atoms with Gasteiger partial charge in [0, 0.05) is 31.7 Å². The summed E-state index contributed by atoms with van der Waals surface area (Å²) in [6, 6.07) is 11.9. The Balaban J connectivity index is 1.66. The average molecular weight is 535 g/mol. The molecule has 1 atom stereocenters. The molecule has 2 aliphatic rings. The van der Waals surface area contributed by atoms with Crippen molar-refractivity contribution in [3.63, 3.8) is 0 Å². The lowest BCUT2D eigenvalue weighted by Crippen LogP contribution is -2.38. The van der Waals surface area contributed by atoms with Gasteiger partial charge in [0.25, 0.3) is 11.7 Å². The van der Waals surface area contributed by atoms with Crippen LogP contribution < -0.4 is 9.47 Å². The molecule has 1 unspecified atom stereocenters. The van der Waals surface area contributed by atoms with Gasteiger partial charge < -0.3 is 24.2 Å². The molecule has 4 rings (SSSR count). The zero-order valence-electron chi connectivity index (χ0n) is 22.9. The van der Waals surface area contributed by atoms with E-state index in [0.29, 0.717) is 50.7 Å². The molecule has 2 saturated heterocycles. The van der Waals surface area contributed by atoms with Gasteiger partial charge >= 0.3 is 0 Å². The minimum Gasteiger partial charge on any atom is -0.507 e. The number of carbonyl (C=O) groups excluding carboxylic acids is 2. The molecule has 0 aliphatic carbocycles. The Kier molecular flexibility index (Phi) is 9.79. The van der Waals surface area contributed by atoms with Gasteiger partial charge in [-0.05, 0) is 61.2 Å². The zero-order valence-corrected chi connectivity index (χ0v) is 22.9. The van der Waals surface area contributed by atoms with Gasteiger partial charge in [0.2, 0.25) is 0 Å². The summed E-state index contributed by atoms with van der Waals surface area (Å²) in [5.74, 6) is -0.0917. The van der Waals surface area contributed by atoms with Gasteiger partial charge in [0.15, 0.2) is 0 Å². The van der Waals surface area contributed by atoms with E-state index in [2.05, 4.69) is 11.5 Å². The molecule has 1 N–H and O–H groups in total. The van der Waals surface area contributed by atoms with Gasteiger partial charge in [0.1, 0.15) is 23.9 Å². The normalized spacial score (nSPS) is 19.3. The van der Waals surface area contributed by atoms with E-state index in [-0.39, 0.29) is 11.3 Å². The van der Waals surface area contributed by atoms with Crippen LogP contribution in [0.25, 0.3) is 5.76 Å². The number of benzene rings is 2. The molecule has 2 aromatic carbocycles. The van der Waals surface area contributed by atoms with Crippen LogP contribution in [-0.2, 0) is 14.3 Å². The number of morpholine rings is 1. The third-order valence-electron chi connectivity index (χ3n) is 6.99. The van der Waals surface area contributed by atoms with Crippen molar-refractivity contribution in [2.45, 2.75) is 32.7 Å². The number of hydrogen-bond donors (Lipinski definition) is 1. The summed E-state index contributed by atoms with van der Waals surface area (Å²) >= 11 is 0. The monoisotopic (exact) mass is 534 g/mol. The van der Waals surface area contributed by atoms with Crippen molar-refractivity contribution >= 4 is 17.4 Å². The predicted molar refractivity (Wildman–Crippen MR) is 150 cm³/mol. The minimum absolute atomic E-state index is 0.0905. The standard InChI is InChI=1S/C31H38N2O6/c1-4-17-38-25-10-7-23(8-11-25)28-27(29(34)24-9-12-26(22(3)21-24)39-18-5-2)30(35)31(36)33(28)14-6-13-32-15-19-37-20-16-32/h4,7-12,21,28,34H,1,5-6,13-20H2,2-3H3. The number of ether oxygens (including phenoxy) is 3. The fraction of sp³-hybridized carbons (Fsp3) is 0.419. The van der Waals surface area contributed by atoms with Crippen molar-refractivity contribution in [3.8, 4) is 11.5 Å². The zero-order chi connectivity index (χ0) is 27.8. The molecule has 2 heterocycles. The highest BCUT2D eigenvalue weighted by Crippen LogP contribution is 2.40. The molecule has 0 spiro atoms. The third kappa shape index (κ3) is 6.69. The van der Waals surface area contributed by atoms with Gasteiger partial charge in [-0.2, -0.15) is 0 Å². The quantitative estimate of drug-likeness (QED) is 0.186. The van der Waals surface area contributed by atoms with Crippen LogP contribution in [-0.4, -0.2) is 79.2 Å². The first-order valence-corrected chi connectivity index (χ1v) is 13.6. The smallest absolute Gasteiger partial charge is 0.295 e. The van der Waals surface area contributed by atoms with Crippen LogP contribution in [0.1, 0.15) is 42.5 Å². The highest BCUT2D eigenvalue weighted by atomic mass is 16.5. The summed E-state index contributed by atoms with van der Waals surface area (Å²) in [5, 5.41) is 11.4. The molecule has 2 aliphatic heterocycles. The van der Waals surface area contributed by atoms with Gasteiger partial charge in [-0.25, -0.2) is 0 Å². The summed E-state index contributed by atoms with van der Waals surface area (Å²) in [4.78, 5) is 30.6. The van der Waals surface area contributed by atoms with E-state index < -0.39 is 17.7 Å². The Hall–Kier alpha value is -3.62. The fourth-order valence-electron chi connectivity index (χ4n) is 4.97. The number of ketones is 1. The van der Waals surface area contributed by atoms with Crippen molar-refractivity contribution in [2.24, 2.45) is 0 Å². The van der Waals surface area contributed by atoms with Crippen LogP contribution in [0.2, 0.25) is 0 Å². The average Bonchev–Trinajstić information content (AvgIpc) is 3.21. The molecule has 0 bridgehead atoms. The molecule has 1 amide bonds. The molecular formula is C31H38N2O6. The number of aryl methyl sites for hydroxylation is 1. The van der Waals surface area contributed by atoms with Crippen LogP contribution in [0.15, 0.2) is 60.7 Å². The highest BCUT2D eigenvalue weighted by molar-refractivity contribution is 6.46. The van der Waals surface area contributed by atoms with Gasteiger partial charge in [-0.15, -0.1) is 0 Å². The molecule has 0 radical (unpaired) electrons. The van der Waals surface area contributed by atoms with E-state index in [0.717, 1.165) is 42.9 Å². The topological polar surface area (TPSA) is 88.5 Å². The summed E-state index contributed by atoms with van der Waals surface area (Å²) in [6.45, 7) is 12.9. The second-order valence-electron chi connectivity index (χ2n) is 9.80. The van der Waals surface area contributed by atoms with Crippen molar-refractivity contribution in [1.82, 2.24) is 9.80 Å². The lowest BCUT2D eigenvalue weighted by molar-refractivity contribution is -0.140. The number of hydrogen-bond acceptors (Lipinski definition) is 7. The largest absolute Gasteiger partial charge is 0.507 e. The molecule has 2 fully saturated rings. The Labute approximate surface area is 230 Å². The molecule has 2 aromatic rings. The van der Waals surface area contributed by atoms with Crippen LogP contribution in [0.5, 0.6) is 11.5 Å². The lowest BCUT2D eigenvalue weighted by Gasteiger charge is -2.29. The number of amides is 1. The first-order valence-electron chi connectivity index (χ1n) is 13.6. The van der Waals surface area contributed by atoms with Crippen molar-refractivity contribution in [1.29, 1.82) is 0 Å². The van der Waals surface area contributed by atoms with Crippen LogP contribution >= 0.6 is 0 Å². The number of carbonyl (C=O) groups is 2. The number of rotatable bonds is 12. The number of aliphatic hydroxyl groups excluding tert-OH is 1. The highest BCUT2D eigenvalue weighted by Gasteiger charge is 2.45. The number of likely N-dealkylation sites (tertiary alicyclic amines) is 1.